The monoisotopic (exact) mass is 576 g/mol. The van der Waals surface area contributed by atoms with Crippen molar-refractivity contribution in [2.24, 2.45) is 0 Å². The van der Waals surface area contributed by atoms with Gasteiger partial charge in [0.1, 0.15) is 12.1 Å². The van der Waals surface area contributed by atoms with Crippen LogP contribution in [0.25, 0.3) is 0 Å². The molecule has 0 radical (unpaired) electrons. The Balaban J connectivity index is 1.82. The third-order valence-electron chi connectivity index (χ3n) is 4.92. The SMILES string of the molecule is CC(=O)N[C@@H](CSC(=O)Nc1ccc(Cc2ccc(NC(=O)SC[C@H](NC(C)=O)C(=O)O)cc2)cc1)C(=O)O. The van der Waals surface area contributed by atoms with Gasteiger partial charge in [-0.3, -0.25) is 19.2 Å². The molecule has 0 saturated carbocycles. The minimum atomic E-state index is -1.23. The lowest BCUT2D eigenvalue weighted by atomic mass is 10.0. The highest BCUT2D eigenvalue weighted by Crippen LogP contribution is 2.19. The molecule has 14 heteroatoms. The van der Waals surface area contributed by atoms with Crippen molar-refractivity contribution < 1.29 is 39.0 Å². The van der Waals surface area contributed by atoms with Crippen molar-refractivity contribution in [2.75, 3.05) is 22.1 Å². The van der Waals surface area contributed by atoms with Crippen LogP contribution in [0.3, 0.4) is 0 Å². The van der Waals surface area contributed by atoms with Crippen molar-refractivity contribution in [2.45, 2.75) is 32.4 Å². The van der Waals surface area contributed by atoms with Gasteiger partial charge < -0.3 is 31.5 Å². The number of hydrogen-bond acceptors (Lipinski definition) is 8. The molecule has 39 heavy (non-hydrogen) atoms. The van der Waals surface area contributed by atoms with Crippen LogP contribution in [-0.4, -0.2) is 68.0 Å². The molecule has 2 aromatic rings. The van der Waals surface area contributed by atoms with E-state index in [1.54, 1.807) is 24.3 Å². The van der Waals surface area contributed by atoms with E-state index in [1.165, 1.54) is 13.8 Å². The Bertz CT molecular complexity index is 1110. The minimum absolute atomic E-state index is 0.117. The fraction of sp³-hybridized carbons (Fsp3) is 0.280. The van der Waals surface area contributed by atoms with Crippen LogP contribution in [0.4, 0.5) is 21.0 Å². The van der Waals surface area contributed by atoms with E-state index in [0.717, 1.165) is 34.7 Å². The number of carboxylic acid groups (broad SMARTS) is 2. The quantitative estimate of drug-likeness (QED) is 0.219. The molecule has 0 spiro atoms. The Morgan fingerprint density at radius 3 is 1.26 bits per heavy atom. The highest BCUT2D eigenvalue weighted by Gasteiger charge is 2.21. The minimum Gasteiger partial charge on any atom is -0.480 e. The largest absolute Gasteiger partial charge is 0.480 e. The predicted octanol–water partition coefficient (Wildman–Crippen LogP) is 2.99. The number of carbonyl (C=O) groups excluding carboxylic acids is 4. The van der Waals surface area contributed by atoms with E-state index in [1.807, 2.05) is 24.3 Å². The van der Waals surface area contributed by atoms with E-state index in [9.17, 15) is 28.8 Å². The third-order valence-corrected chi connectivity index (χ3v) is 6.65. The number of aliphatic carboxylic acids is 2. The molecule has 0 fully saturated rings. The fourth-order valence-electron chi connectivity index (χ4n) is 3.11. The summed E-state index contributed by atoms with van der Waals surface area (Å²) in [6.45, 7) is 2.40. The number of benzene rings is 2. The average molecular weight is 577 g/mol. The number of amides is 4. The van der Waals surface area contributed by atoms with Crippen LogP contribution in [0.15, 0.2) is 48.5 Å². The molecule has 0 aliphatic heterocycles. The Hall–Kier alpha value is -4.04. The van der Waals surface area contributed by atoms with Crippen LogP contribution in [0.5, 0.6) is 0 Å². The van der Waals surface area contributed by atoms with Gasteiger partial charge >= 0.3 is 11.9 Å². The first-order valence-corrected chi connectivity index (χ1v) is 13.4. The van der Waals surface area contributed by atoms with Crippen LogP contribution in [0, 0.1) is 0 Å². The smallest absolute Gasteiger partial charge is 0.327 e. The molecule has 4 amide bonds. The molecule has 2 rings (SSSR count). The molecule has 2 atom stereocenters. The highest BCUT2D eigenvalue weighted by molar-refractivity contribution is 8.14. The molecular weight excluding hydrogens is 548 g/mol. The summed E-state index contributed by atoms with van der Waals surface area (Å²) in [4.78, 5) is 68.7. The Morgan fingerprint density at radius 1 is 0.641 bits per heavy atom. The van der Waals surface area contributed by atoms with E-state index < -0.39 is 46.3 Å². The third kappa shape index (κ3) is 11.9. The van der Waals surface area contributed by atoms with E-state index in [4.69, 9.17) is 10.2 Å². The summed E-state index contributed by atoms with van der Waals surface area (Å²) in [5, 5.41) is 27.2. The van der Waals surface area contributed by atoms with Crippen LogP contribution >= 0.6 is 23.5 Å². The molecule has 0 aliphatic rings. The van der Waals surface area contributed by atoms with Gasteiger partial charge in [-0.2, -0.15) is 0 Å². The second-order valence-corrected chi connectivity index (χ2v) is 10.2. The normalized spacial score (nSPS) is 11.9. The maximum Gasteiger partial charge on any atom is 0.327 e. The number of hydrogen-bond donors (Lipinski definition) is 6. The molecule has 0 unspecified atom stereocenters. The highest BCUT2D eigenvalue weighted by atomic mass is 32.2. The zero-order valence-corrected chi connectivity index (χ0v) is 22.7. The second kappa shape index (κ2) is 15.4. The summed E-state index contributed by atoms with van der Waals surface area (Å²) in [6.07, 6.45) is 0.583. The first kappa shape index (κ1) is 31.2. The summed E-state index contributed by atoms with van der Waals surface area (Å²) in [7, 11) is 0. The molecule has 2 aromatic carbocycles. The maximum absolute atomic E-state index is 12.1. The van der Waals surface area contributed by atoms with Crippen molar-refractivity contribution in [1.29, 1.82) is 0 Å². The topological polar surface area (TPSA) is 191 Å². The molecule has 0 aliphatic carbocycles. The summed E-state index contributed by atoms with van der Waals surface area (Å²) >= 11 is 1.50. The molecule has 12 nitrogen and oxygen atoms in total. The van der Waals surface area contributed by atoms with Gasteiger partial charge in [-0.25, -0.2) is 9.59 Å². The molecular formula is C25H28N4O8S2. The van der Waals surface area contributed by atoms with E-state index in [-0.39, 0.29) is 11.5 Å². The van der Waals surface area contributed by atoms with E-state index in [2.05, 4.69) is 21.3 Å². The molecule has 6 N–H and O–H groups in total. The Labute approximate surface area is 232 Å². The van der Waals surface area contributed by atoms with Gasteiger partial charge in [-0.05, 0) is 41.8 Å². The van der Waals surface area contributed by atoms with E-state index >= 15 is 0 Å². The average Bonchev–Trinajstić information content (AvgIpc) is 2.86. The van der Waals surface area contributed by atoms with Crippen LogP contribution in [-0.2, 0) is 25.6 Å². The van der Waals surface area contributed by atoms with Crippen LogP contribution in [0.2, 0.25) is 0 Å². The molecule has 0 heterocycles. The number of carbonyl (C=O) groups is 6. The predicted molar refractivity (Wildman–Crippen MR) is 149 cm³/mol. The summed E-state index contributed by atoms with van der Waals surface area (Å²) in [6, 6.07) is 11.9. The summed E-state index contributed by atoms with van der Waals surface area (Å²) in [5.74, 6) is -3.68. The van der Waals surface area contributed by atoms with Crippen molar-refractivity contribution in [1.82, 2.24) is 10.6 Å². The molecule has 0 saturated heterocycles. The maximum atomic E-state index is 12.1. The van der Waals surface area contributed by atoms with Crippen LogP contribution in [0.1, 0.15) is 25.0 Å². The lowest BCUT2D eigenvalue weighted by Gasteiger charge is -2.13. The van der Waals surface area contributed by atoms with Gasteiger partial charge in [0.15, 0.2) is 0 Å². The van der Waals surface area contributed by atoms with Gasteiger partial charge in [0.2, 0.25) is 11.8 Å². The standard InChI is InChI=1S/C25H28N4O8S2/c1-14(30)26-20(22(32)33)12-38-24(36)28-18-7-3-16(4-8-18)11-17-5-9-19(10-6-17)29-25(37)39-13-21(23(34)35)27-15(2)31/h3-10,20-21H,11-13H2,1-2H3,(H,26,30)(H,27,31)(H,28,36)(H,29,37)(H,32,33)(H,34,35)/t20-,21-/m0/s1. The number of thioether (sulfide) groups is 2. The summed E-state index contributed by atoms with van der Waals surface area (Å²) in [5.41, 5.74) is 2.98. The van der Waals surface area contributed by atoms with Gasteiger partial charge in [0.25, 0.3) is 10.5 Å². The van der Waals surface area contributed by atoms with Crippen molar-refractivity contribution in [3.05, 3.63) is 59.7 Å². The van der Waals surface area contributed by atoms with Crippen LogP contribution < -0.4 is 21.3 Å². The van der Waals surface area contributed by atoms with Crippen molar-refractivity contribution in [3.8, 4) is 0 Å². The lowest BCUT2D eigenvalue weighted by Crippen LogP contribution is -2.41. The molecule has 0 bridgehead atoms. The number of nitrogens with one attached hydrogen (secondary N) is 4. The van der Waals surface area contributed by atoms with Gasteiger partial charge in [0.05, 0.1) is 0 Å². The van der Waals surface area contributed by atoms with E-state index in [0.29, 0.717) is 17.8 Å². The first-order valence-electron chi connectivity index (χ1n) is 11.5. The zero-order chi connectivity index (χ0) is 28.9. The van der Waals surface area contributed by atoms with Crippen molar-refractivity contribution >= 4 is 69.1 Å². The first-order chi connectivity index (χ1) is 18.4. The summed E-state index contributed by atoms with van der Waals surface area (Å²) < 4.78 is 0. The Morgan fingerprint density at radius 2 is 0.974 bits per heavy atom. The van der Waals surface area contributed by atoms with Gasteiger partial charge in [-0.1, -0.05) is 47.8 Å². The lowest BCUT2D eigenvalue weighted by molar-refractivity contribution is -0.141. The van der Waals surface area contributed by atoms with Crippen molar-refractivity contribution in [3.63, 3.8) is 0 Å². The second-order valence-electron chi connectivity index (χ2n) is 8.20. The van der Waals surface area contributed by atoms with Gasteiger partial charge in [0, 0.05) is 36.7 Å². The number of rotatable bonds is 12. The zero-order valence-electron chi connectivity index (χ0n) is 21.1. The number of anilines is 2. The fourth-order valence-corrected chi connectivity index (χ4v) is 4.58. The molecule has 0 aromatic heterocycles. The molecule has 208 valence electrons. The Kier molecular flexibility index (Phi) is 12.3. The number of carboxylic acids is 2. The van der Waals surface area contributed by atoms with Gasteiger partial charge in [-0.15, -0.1) is 0 Å².